The van der Waals surface area contributed by atoms with Crippen LogP contribution in [0.15, 0.2) is 54.6 Å². The van der Waals surface area contributed by atoms with Crippen LogP contribution in [0.3, 0.4) is 0 Å². The van der Waals surface area contributed by atoms with Crippen molar-refractivity contribution in [2.75, 3.05) is 23.3 Å². The third kappa shape index (κ3) is 3.20. The van der Waals surface area contributed by atoms with Crippen molar-refractivity contribution < 1.29 is 4.79 Å². The van der Waals surface area contributed by atoms with Crippen LogP contribution in [0, 0.1) is 0 Å². The highest BCUT2D eigenvalue weighted by Crippen LogP contribution is 2.21. The molecule has 0 radical (unpaired) electrons. The fraction of sp³-hybridized carbons (Fsp3) is 0.211. The summed E-state index contributed by atoms with van der Waals surface area (Å²) in [6, 6.07) is 17.0. The zero-order chi connectivity index (χ0) is 16.9. The van der Waals surface area contributed by atoms with E-state index in [0.717, 1.165) is 24.3 Å². The van der Waals surface area contributed by atoms with E-state index in [0.29, 0.717) is 17.0 Å². The maximum Gasteiger partial charge on any atom is 0.278 e. The molecular weight excluding hydrogens is 300 g/mol. The van der Waals surface area contributed by atoms with Crippen molar-refractivity contribution in [2.45, 2.75) is 13.8 Å². The summed E-state index contributed by atoms with van der Waals surface area (Å²) in [6.07, 6.45) is 0. The lowest BCUT2D eigenvalue weighted by Crippen LogP contribution is -2.27. The van der Waals surface area contributed by atoms with Crippen LogP contribution < -0.4 is 10.2 Å². The number of benzene rings is 2. The van der Waals surface area contributed by atoms with E-state index in [9.17, 15) is 4.79 Å². The molecule has 0 atom stereocenters. The van der Waals surface area contributed by atoms with Crippen LogP contribution in [-0.4, -0.2) is 29.0 Å². The van der Waals surface area contributed by atoms with Crippen molar-refractivity contribution in [1.29, 1.82) is 0 Å². The lowest BCUT2D eigenvalue weighted by molar-refractivity contribution is 0.102. The summed E-state index contributed by atoms with van der Waals surface area (Å²) in [5.41, 5.74) is 2.59. The van der Waals surface area contributed by atoms with E-state index < -0.39 is 0 Å². The maximum atomic E-state index is 12.8. The number of aromatic nitrogens is 2. The van der Waals surface area contributed by atoms with Gasteiger partial charge >= 0.3 is 0 Å². The summed E-state index contributed by atoms with van der Waals surface area (Å²) >= 11 is 0. The molecule has 24 heavy (non-hydrogen) atoms. The monoisotopic (exact) mass is 320 g/mol. The predicted octanol–water partition coefficient (Wildman–Crippen LogP) is 3.73. The summed E-state index contributed by atoms with van der Waals surface area (Å²) in [5, 5.41) is 2.90. The van der Waals surface area contributed by atoms with E-state index in [1.54, 1.807) is 0 Å². The fourth-order valence-corrected chi connectivity index (χ4v) is 2.60. The molecule has 0 aliphatic rings. The number of amides is 1. The number of fused-ring (bicyclic) bond motifs is 1. The van der Waals surface area contributed by atoms with Gasteiger partial charge in [0, 0.05) is 18.8 Å². The van der Waals surface area contributed by atoms with Crippen molar-refractivity contribution in [3.63, 3.8) is 0 Å². The summed E-state index contributed by atoms with van der Waals surface area (Å²) in [4.78, 5) is 24.1. The molecule has 122 valence electrons. The molecule has 0 saturated heterocycles. The van der Waals surface area contributed by atoms with Gasteiger partial charge in [0.1, 0.15) is 0 Å². The van der Waals surface area contributed by atoms with E-state index in [1.165, 1.54) is 0 Å². The van der Waals surface area contributed by atoms with Gasteiger partial charge in [-0.2, -0.15) is 0 Å². The van der Waals surface area contributed by atoms with Crippen molar-refractivity contribution in [3.05, 3.63) is 60.3 Å². The SMILES string of the molecule is CCN(CC)c1nc2ccccc2nc1C(=O)Nc1ccccc1. The Morgan fingerprint density at radius 1 is 0.917 bits per heavy atom. The van der Waals surface area contributed by atoms with Gasteiger partial charge in [0.2, 0.25) is 0 Å². The average molecular weight is 320 g/mol. The Balaban J connectivity index is 2.06. The molecule has 0 unspecified atom stereocenters. The zero-order valence-corrected chi connectivity index (χ0v) is 13.9. The summed E-state index contributed by atoms with van der Waals surface area (Å²) in [7, 11) is 0. The topological polar surface area (TPSA) is 58.1 Å². The molecule has 0 fully saturated rings. The highest BCUT2D eigenvalue weighted by atomic mass is 16.1. The first-order valence-electron chi connectivity index (χ1n) is 8.11. The Kier molecular flexibility index (Phi) is 4.70. The van der Waals surface area contributed by atoms with Gasteiger partial charge < -0.3 is 10.2 Å². The van der Waals surface area contributed by atoms with Gasteiger partial charge in [-0.3, -0.25) is 4.79 Å². The largest absolute Gasteiger partial charge is 0.355 e. The Morgan fingerprint density at radius 2 is 1.50 bits per heavy atom. The van der Waals surface area contributed by atoms with Crippen LogP contribution in [0.5, 0.6) is 0 Å². The third-order valence-corrected chi connectivity index (χ3v) is 3.86. The van der Waals surface area contributed by atoms with Crippen LogP contribution >= 0.6 is 0 Å². The fourth-order valence-electron chi connectivity index (χ4n) is 2.60. The molecule has 3 aromatic rings. The summed E-state index contributed by atoms with van der Waals surface area (Å²) < 4.78 is 0. The molecular formula is C19H20N4O. The van der Waals surface area contributed by atoms with Crippen molar-refractivity contribution in [2.24, 2.45) is 0 Å². The number of nitrogens with zero attached hydrogens (tertiary/aromatic N) is 3. The minimum Gasteiger partial charge on any atom is -0.355 e. The number of hydrogen-bond acceptors (Lipinski definition) is 4. The molecule has 3 rings (SSSR count). The van der Waals surface area contributed by atoms with E-state index in [2.05, 4.69) is 15.3 Å². The van der Waals surface area contributed by atoms with Crippen LogP contribution in [-0.2, 0) is 0 Å². The molecule has 1 aromatic heterocycles. The van der Waals surface area contributed by atoms with Gasteiger partial charge in [0.25, 0.3) is 5.91 Å². The molecule has 0 bridgehead atoms. The van der Waals surface area contributed by atoms with E-state index in [-0.39, 0.29) is 5.91 Å². The van der Waals surface area contributed by atoms with Gasteiger partial charge in [-0.05, 0) is 38.1 Å². The third-order valence-electron chi connectivity index (χ3n) is 3.86. The van der Waals surface area contributed by atoms with Gasteiger partial charge in [-0.25, -0.2) is 9.97 Å². The second-order valence-electron chi connectivity index (χ2n) is 5.38. The van der Waals surface area contributed by atoms with Crippen LogP contribution in [0.4, 0.5) is 11.5 Å². The van der Waals surface area contributed by atoms with Crippen molar-refractivity contribution in [1.82, 2.24) is 9.97 Å². The predicted molar refractivity (Wildman–Crippen MR) is 97.5 cm³/mol. The van der Waals surface area contributed by atoms with Crippen molar-refractivity contribution in [3.8, 4) is 0 Å². The average Bonchev–Trinajstić information content (AvgIpc) is 2.63. The highest BCUT2D eigenvalue weighted by molar-refractivity contribution is 6.07. The van der Waals surface area contributed by atoms with Crippen LogP contribution in [0.25, 0.3) is 11.0 Å². The molecule has 0 aliphatic heterocycles. The number of para-hydroxylation sites is 3. The number of nitrogens with one attached hydrogen (secondary N) is 1. The number of carbonyl (C=O) groups is 1. The molecule has 0 aliphatic carbocycles. The number of anilines is 2. The standard InChI is InChI=1S/C19H20N4O/c1-3-23(4-2)18-17(19(24)20-14-10-6-5-7-11-14)21-15-12-8-9-13-16(15)22-18/h5-13H,3-4H2,1-2H3,(H,20,24). The van der Waals surface area contributed by atoms with Gasteiger partial charge in [-0.1, -0.05) is 30.3 Å². The molecule has 2 aromatic carbocycles. The molecule has 1 N–H and O–H groups in total. The van der Waals surface area contributed by atoms with E-state index >= 15 is 0 Å². The molecule has 5 nitrogen and oxygen atoms in total. The van der Waals surface area contributed by atoms with Crippen LogP contribution in [0.1, 0.15) is 24.3 Å². The van der Waals surface area contributed by atoms with Gasteiger partial charge in [0.15, 0.2) is 11.5 Å². The number of hydrogen-bond donors (Lipinski definition) is 1. The van der Waals surface area contributed by atoms with Gasteiger partial charge in [-0.15, -0.1) is 0 Å². The van der Waals surface area contributed by atoms with E-state index in [4.69, 9.17) is 0 Å². The molecule has 0 saturated carbocycles. The lowest BCUT2D eigenvalue weighted by Gasteiger charge is -2.22. The first-order valence-corrected chi connectivity index (χ1v) is 8.11. The molecule has 1 amide bonds. The minimum absolute atomic E-state index is 0.249. The smallest absolute Gasteiger partial charge is 0.278 e. The maximum absolute atomic E-state index is 12.8. The second-order valence-corrected chi connectivity index (χ2v) is 5.38. The second kappa shape index (κ2) is 7.08. The molecule has 1 heterocycles. The Labute approximate surface area is 141 Å². The normalized spacial score (nSPS) is 10.6. The van der Waals surface area contributed by atoms with Gasteiger partial charge in [0.05, 0.1) is 11.0 Å². The first kappa shape index (κ1) is 15.9. The molecule has 0 spiro atoms. The number of carbonyl (C=O) groups excluding carboxylic acids is 1. The minimum atomic E-state index is -0.249. The first-order chi connectivity index (χ1) is 11.7. The Morgan fingerprint density at radius 3 is 2.12 bits per heavy atom. The number of rotatable bonds is 5. The zero-order valence-electron chi connectivity index (χ0n) is 13.9. The Bertz CT molecular complexity index is 844. The Hall–Kier alpha value is -2.95. The lowest BCUT2D eigenvalue weighted by atomic mass is 10.2. The quantitative estimate of drug-likeness (QED) is 0.778. The summed E-state index contributed by atoms with van der Waals surface area (Å²) in [6.45, 7) is 5.60. The summed E-state index contributed by atoms with van der Waals surface area (Å²) in [5.74, 6) is 0.369. The van der Waals surface area contributed by atoms with Crippen LogP contribution in [0.2, 0.25) is 0 Å². The molecule has 5 heteroatoms. The van der Waals surface area contributed by atoms with Crippen molar-refractivity contribution >= 4 is 28.4 Å². The highest BCUT2D eigenvalue weighted by Gasteiger charge is 2.20. The van der Waals surface area contributed by atoms with E-state index in [1.807, 2.05) is 73.3 Å².